The Labute approximate surface area is 92.3 Å². The Bertz CT molecular complexity index is 400. The Morgan fingerprint density at radius 3 is 2.67 bits per heavy atom. The van der Waals surface area contributed by atoms with Crippen LogP contribution in [0.2, 0.25) is 0 Å². The van der Waals surface area contributed by atoms with E-state index in [1.54, 1.807) is 6.92 Å². The second-order valence-corrected chi connectivity index (χ2v) is 3.24. The molecule has 0 heterocycles. The van der Waals surface area contributed by atoms with Gasteiger partial charge in [-0.15, -0.1) is 12.6 Å². The first-order valence-electron chi connectivity index (χ1n) is 4.29. The largest absolute Gasteiger partial charge is 0.478 e. The van der Waals surface area contributed by atoms with Gasteiger partial charge in [-0.25, -0.2) is 9.59 Å². The summed E-state index contributed by atoms with van der Waals surface area (Å²) in [6, 6.07) is 4.09. The second kappa shape index (κ2) is 4.84. The van der Waals surface area contributed by atoms with Crippen LogP contribution in [-0.2, 0) is 4.74 Å². The number of carbonyl (C=O) groups excluding carboxylic acids is 1. The van der Waals surface area contributed by atoms with Crippen LogP contribution in [0.1, 0.15) is 27.6 Å². The highest BCUT2D eigenvalue weighted by Crippen LogP contribution is 2.17. The molecular weight excluding hydrogens is 216 g/mol. The lowest BCUT2D eigenvalue weighted by atomic mass is 10.1. The molecule has 0 bridgehead atoms. The SMILES string of the molecule is CCOC(=O)c1cc(C(=O)O)ccc1S. The average Bonchev–Trinajstić information content (AvgIpc) is 2.18. The lowest BCUT2D eigenvalue weighted by Gasteiger charge is -2.05. The van der Waals surface area contributed by atoms with Crippen molar-refractivity contribution >= 4 is 24.6 Å². The lowest BCUT2D eigenvalue weighted by Crippen LogP contribution is -2.07. The third kappa shape index (κ3) is 2.73. The van der Waals surface area contributed by atoms with E-state index >= 15 is 0 Å². The molecule has 0 fully saturated rings. The molecule has 0 amide bonds. The number of aromatic carboxylic acids is 1. The number of carbonyl (C=O) groups is 2. The fourth-order valence-electron chi connectivity index (χ4n) is 1.04. The highest BCUT2D eigenvalue weighted by atomic mass is 32.1. The molecule has 0 spiro atoms. The van der Waals surface area contributed by atoms with Crippen molar-refractivity contribution in [3.63, 3.8) is 0 Å². The van der Waals surface area contributed by atoms with Crippen LogP contribution >= 0.6 is 12.6 Å². The number of benzene rings is 1. The van der Waals surface area contributed by atoms with E-state index in [2.05, 4.69) is 12.6 Å². The van der Waals surface area contributed by atoms with Crippen LogP contribution in [0.5, 0.6) is 0 Å². The fraction of sp³-hybridized carbons (Fsp3) is 0.200. The fourth-order valence-corrected chi connectivity index (χ4v) is 1.27. The summed E-state index contributed by atoms with van der Waals surface area (Å²) in [4.78, 5) is 22.4. The van der Waals surface area contributed by atoms with Gasteiger partial charge >= 0.3 is 11.9 Å². The minimum Gasteiger partial charge on any atom is -0.478 e. The Balaban J connectivity index is 3.10. The molecule has 0 aromatic heterocycles. The molecule has 0 saturated heterocycles. The maximum absolute atomic E-state index is 11.4. The number of esters is 1. The van der Waals surface area contributed by atoms with Gasteiger partial charge in [0.25, 0.3) is 0 Å². The third-order valence-corrected chi connectivity index (χ3v) is 2.13. The van der Waals surface area contributed by atoms with Crippen molar-refractivity contribution in [1.29, 1.82) is 0 Å². The number of carboxylic acids is 1. The Morgan fingerprint density at radius 1 is 1.47 bits per heavy atom. The monoisotopic (exact) mass is 226 g/mol. The molecule has 1 rings (SSSR count). The summed E-state index contributed by atoms with van der Waals surface area (Å²) >= 11 is 4.05. The van der Waals surface area contributed by atoms with E-state index in [1.165, 1.54) is 18.2 Å². The first-order chi connectivity index (χ1) is 7.06. The standard InChI is InChI=1S/C10H10O4S/c1-2-14-10(13)7-5-6(9(11)12)3-4-8(7)15/h3-5,15H,2H2,1H3,(H,11,12). The van der Waals surface area contributed by atoms with Crippen molar-refractivity contribution < 1.29 is 19.4 Å². The molecule has 0 unspecified atom stereocenters. The molecule has 5 heteroatoms. The topological polar surface area (TPSA) is 63.6 Å². The average molecular weight is 226 g/mol. The number of hydrogen-bond donors (Lipinski definition) is 2. The summed E-state index contributed by atoms with van der Waals surface area (Å²) in [5, 5.41) is 8.73. The minimum atomic E-state index is -1.09. The van der Waals surface area contributed by atoms with E-state index in [9.17, 15) is 9.59 Å². The molecule has 4 nitrogen and oxygen atoms in total. The molecule has 0 atom stereocenters. The van der Waals surface area contributed by atoms with E-state index in [4.69, 9.17) is 9.84 Å². The predicted molar refractivity (Wildman–Crippen MR) is 56.6 cm³/mol. The summed E-state index contributed by atoms with van der Waals surface area (Å²) in [7, 11) is 0. The molecule has 80 valence electrons. The van der Waals surface area contributed by atoms with Crippen LogP contribution in [0.4, 0.5) is 0 Å². The zero-order valence-corrected chi connectivity index (χ0v) is 8.95. The Morgan fingerprint density at radius 2 is 2.13 bits per heavy atom. The smallest absolute Gasteiger partial charge is 0.339 e. The van der Waals surface area contributed by atoms with Gasteiger partial charge in [0.05, 0.1) is 17.7 Å². The van der Waals surface area contributed by atoms with E-state index in [0.29, 0.717) is 4.90 Å². The van der Waals surface area contributed by atoms with Gasteiger partial charge in [0.15, 0.2) is 0 Å². The molecule has 15 heavy (non-hydrogen) atoms. The quantitative estimate of drug-likeness (QED) is 0.610. The molecule has 0 aliphatic carbocycles. The van der Waals surface area contributed by atoms with Gasteiger partial charge in [-0.05, 0) is 25.1 Å². The van der Waals surface area contributed by atoms with Gasteiger partial charge < -0.3 is 9.84 Å². The van der Waals surface area contributed by atoms with Gasteiger partial charge in [0, 0.05) is 4.90 Å². The summed E-state index contributed by atoms with van der Waals surface area (Å²) in [5.74, 6) is -1.65. The van der Waals surface area contributed by atoms with Gasteiger partial charge in [-0.1, -0.05) is 0 Å². The Hall–Kier alpha value is -1.49. The zero-order chi connectivity index (χ0) is 11.4. The van der Waals surface area contributed by atoms with E-state index in [1.807, 2.05) is 0 Å². The van der Waals surface area contributed by atoms with Crippen LogP contribution in [0.15, 0.2) is 23.1 Å². The second-order valence-electron chi connectivity index (χ2n) is 2.76. The summed E-state index contributed by atoms with van der Waals surface area (Å²) in [6.45, 7) is 1.92. The maximum Gasteiger partial charge on any atom is 0.339 e. The highest BCUT2D eigenvalue weighted by molar-refractivity contribution is 7.80. The van der Waals surface area contributed by atoms with Crippen LogP contribution in [-0.4, -0.2) is 23.7 Å². The lowest BCUT2D eigenvalue weighted by molar-refractivity contribution is 0.0522. The van der Waals surface area contributed by atoms with Crippen LogP contribution in [0, 0.1) is 0 Å². The van der Waals surface area contributed by atoms with Crippen molar-refractivity contribution in [3.8, 4) is 0 Å². The number of ether oxygens (including phenoxy) is 1. The number of hydrogen-bond acceptors (Lipinski definition) is 4. The van der Waals surface area contributed by atoms with Gasteiger partial charge in [-0.2, -0.15) is 0 Å². The van der Waals surface area contributed by atoms with Crippen molar-refractivity contribution in [2.75, 3.05) is 6.61 Å². The first-order valence-corrected chi connectivity index (χ1v) is 4.74. The van der Waals surface area contributed by atoms with Crippen LogP contribution < -0.4 is 0 Å². The number of rotatable bonds is 3. The normalized spacial score (nSPS) is 9.73. The zero-order valence-electron chi connectivity index (χ0n) is 8.06. The molecule has 1 aromatic carbocycles. The van der Waals surface area contributed by atoms with Crippen LogP contribution in [0.3, 0.4) is 0 Å². The molecule has 0 aliphatic rings. The molecule has 0 radical (unpaired) electrons. The first kappa shape index (κ1) is 11.6. The van der Waals surface area contributed by atoms with Gasteiger partial charge in [0.1, 0.15) is 0 Å². The highest BCUT2D eigenvalue weighted by Gasteiger charge is 2.13. The molecule has 0 aliphatic heterocycles. The summed E-state index contributed by atoms with van der Waals surface area (Å²) in [6.07, 6.45) is 0. The molecular formula is C10H10O4S. The van der Waals surface area contributed by atoms with Crippen molar-refractivity contribution in [2.24, 2.45) is 0 Å². The maximum atomic E-state index is 11.4. The molecule has 0 saturated carbocycles. The third-order valence-electron chi connectivity index (χ3n) is 1.74. The van der Waals surface area contributed by atoms with Crippen molar-refractivity contribution in [2.45, 2.75) is 11.8 Å². The van der Waals surface area contributed by atoms with Gasteiger partial charge in [0.2, 0.25) is 0 Å². The number of thiol groups is 1. The molecule has 1 N–H and O–H groups in total. The van der Waals surface area contributed by atoms with Crippen molar-refractivity contribution in [3.05, 3.63) is 29.3 Å². The Kier molecular flexibility index (Phi) is 3.74. The van der Waals surface area contributed by atoms with Gasteiger partial charge in [-0.3, -0.25) is 0 Å². The minimum absolute atomic E-state index is 0.0378. The van der Waals surface area contributed by atoms with Crippen molar-refractivity contribution in [1.82, 2.24) is 0 Å². The summed E-state index contributed by atoms with van der Waals surface area (Å²) in [5.41, 5.74) is 0.205. The summed E-state index contributed by atoms with van der Waals surface area (Å²) < 4.78 is 4.76. The van der Waals surface area contributed by atoms with E-state index in [0.717, 1.165) is 0 Å². The predicted octanol–water partition coefficient (Wildman–Crippen LogP) is 1.85. The number of carboxylic acid groups (broad SMARTS) is 1. The molecule has 1 aromatic rings. The van der Waals surface area contributed by atoms with E-state index < -0.39 is 11.9 Å². The van der Waals surface area contributed by atoms with Crippen LogP contribution in [0.25, 0.3) is 0 Å². The van der Waals surface area contributed by atoms with E-state index in [-0.39, 0.29) is 17.7 Å².